The monoisotopic (exact) mass is 396 g/mol. The lowest BCUT2D eigenvalue weighted by molar-refractivity contribution is -0.149. The van der Waals surface area contributed by atoms with Crippen molar-refractivity contribution in [3.8, 4) is 5.75 Å². The minimum Gasteiger partial charge on any atom is -0.494 e. The topological polar surface area (TPSA) is 68.7 Å². The third-order valence-electron chi connectivity index (χ3n) is 4.59. The predicted molar refractivity (Wildman–Crippen MR) is 107 cm³/mol. The van der Waals surface area contributed by atoms with Crippen LogP contribution in [0, 0.1) is 5.92 Å². The Morgan fingerprint density at radius 1 is 1.21 bits per heavy atom. The van der Waals surface area contributed by atoms with E-state index in [0.717, 1.165) is 26.7 Å². The lowest BCUT2D eigenvalue weighted by Crippen LogP contribution is -2.26. The predicted octanol–water partition coefficient (Wildman–Crippen LogP) is 3.79. The minimum absolute atomic E-state index is 0.0777. The number of rotatable bonds is 6. The highest BCUT2D eigenvalue weighted by Gasteiger charge is 2.36. The maximum atomic E-state index is 12.5. The third kappa shape index (κ3) is 3.84. The molecule has 2 aromatic carbocycles. The average molecular weight is 396 g/mol. The molecule has 28 heavy (non-hydrogen) atoms. The van der Waals surface area contributed by atoms with E-state index in [1.807, 2.05) is 55.5 Å². The fraction of sp³-hybridized carbons (Fsp3) is 0.286. The quantitative estimate of drug-likeness (QED) is 0.593. The van der Waals surface area contributed by atoms with Gasteiger partial charge in [-0.2, -0.15) is 0 Å². The van der Waals surface area contributed by atoms with Crippen molar-refractivity contribution in [2.24, 2.45) is 5.92 Å². The zero-order chi connectivity index (χ0) is 19.5. The van der Waals surface area contributed by atoms with Gasteiger partial charge >= 0.3 is 5.97 Å². The Morgan fingerprint density at radius 2 is 2.00 bits per heavy atom. The molecule has 1 aliphatic rings. The molecule has 3 aromatic rings. The van der Waals surface area contributed by atoms with E-state index >= 15 is 0 Å². The molecule has 1 unspecified atom stereocenters. The van der Waals surface area contributed by atoms with Crippen molar-refractivity contribution in [1.29, 1.82) is 0 Å². The van der Waals surface area contributed by atoms with E-state index in [1.165, 1.54) is 11.3 Å². The summed E-state index contributed by atoms with van der Waals surface area (Å²) in [4.78, 5) is 30.9. The number of amides is 1. The molecule has 2 heterocycles. The molecule has 1 aliphatic heterocycles. The van der Waals surface area contributed by atoms with Gasteiger partial charge in [-0.25, -0.2) is 4.98 Å². The van der Waals surface area contributed by atoms with E-state index in [4.69, 9.17) is 9.47 Å². The maximum absolute atomic E-state index is 12.5. The van der Waals surface area contributed by atoms with Crippen LogP contribution >= 0.6 is 11.3 Å². The first-order valence-electron chi connectivity index (χ1n) is 9.18. The molecule has 1 fully saturated rings. The summed E-state index contributed by atoms with van der Waals surface area (Å²) < 4.78 is 11.9. The van der Waals surface area contributed by atoms with Crippen LogP contribution in [0.25, 0.3) is 10.2 Å². The lowest BCUT2D eigenvalue weighted by Gasteiger charge is -2.17. The second-order valence-electron chi connectivity index (χ2n) is 6.52. The molecule has 0 radical (unpaired) electrons. The largest absolute Gasteiger partial charge is 0.494 e. The van der Waals surface area contributed by atoms with Gasteiger partial charge in [-0.05, 0) is 43.3 Å². The number of ether oxygens (including phenoxy) is 2. The molecule has 6 nitrogen and oxygen atoms in total. The van der Waals surface area contributed by atoms with Gasteiger partial charge in [-0.15, -0.1) is 11.3 Å². The van der Waals surface area contributed by atoms with E-state index in [9.17, 15) is 9.59 Å². The number of thiazole rings is 1. The zero-order valence-corrected chi connectivity index (χ0v) is 16.3. The molecule has 1 saturated heterocycles. The van der Waals surface area contributed by atoms with Gasteiger partial charge in [0.05, 0.1) is 22.7 Å². The van der Waals surface area contributed by atoms with Crippen molar-refractivity contribution < 1.29 is 19.1 Å². The fourth-order valence-electron chi connectivity index (χ4n) is 3.24. The van der Waals surface area contributed by atoms with E-state index in [0.29, 0.717) is 13.2 Å². The molecule has 1 atom stereocenters. The Morgan fingerprint density at radius 3 is 2.75 bits per heavy atom. The number of nitrogens with zero attached hydrogens (tertiary/aromatic N) is 2. The van der Waals surface area contributed by atoms with Gasteiger partial charge in [0, 0.05) is 18.7 Å². The number of hydrogen-bond acceptors (Lipinski definition) is 6. The Hall–Kier alpha value is -2.93. The third-order valence-corrected chi connectivity index (χ3v) is 5.60. The number of hydrogen-bond donors (Lipinski definition) is 0. The molecule has 0 bridgehead atoms. The zero-order valence-electron chi connectivity index (χ0n) is 15.5. The highest BCUT2D eigenvalue weighted by atomic mass is 32.1. The summed E-state index contributed by atoms with van der Waals surface area (Å²) in [6.45, 7) is 2.96. The highest BCUT2D eigenvalue weighted by Crippen LogP contribution is 2.28. The molecule has 144 valence electrons. The Labute approximate surface area is 166 Å². The van der Waals surface area contributed by atoms with Gasteiger partial charge < -0.3 is 14.4 Å². The summed E-state index contributed by atoms with van der Waals surface area (Å²) in [5.41, 5.74) is 1.66. The Bertz CT molecular complexity index is 966. The Balaban J connectivity index is 1.36. The molecule has 0 aliphatic carbocycles. The SMILES string of the molecule is CCOc1ccc(N2CC(C(=O)OCc3nc4ccccc4s3)CC2=O)cc1. The molecule has 0 N–H and O–H groups in total. The summed E-state index contributed by atoms with van der Waals surface area (Å²) in [6, 6.07) is 15.1. The molecule has 0 spiro atoms. The van der Waals surface area contributed by atoms with Crippen molar-refractivity contribution in [1.82, 2.24) is 4.98 Å². The molecule has 1 amide bonds. The number of carbonyl (C=O) groups excluding carboxylic acids is 2. The molecule has 7 heteroatoms. The van der Waals surface area contributed by atoms with Gasteiger partial charge in [0.1, 0.15) is 17.4 Å². The summed E-state index contributed by atoms with van der Waals surface area (Å²) in [5.74, 6) is -0.148. The number of fused-ring (bicyclic) bond motifs is 1. The van der Waals surface area contributed by atoms with E-state index in [-0.39, 0.29) is 24.9 Å². The maximum Gasteiger partial charge on any atom is 0.311 e. The Kier molecular flexibility index (Phi) is 5.25. The van der Waals surface area contributed by atoms with Crippen LogP contribution in [-0.4, -0.2) is 30.0 Å². The van der Waals surface area contributed by atoms with Gasteiger partial charge in [0.2, 0.25) is 5.91 Å². The first-order valence-corrected chi connectivity index (χ1v) is 10.00. The molecular weight excluding hydrogens is 376 g/mol. The fourth-order valence-corrected chi connectivity index (χ4v) is 4.12. The van der Waals surface area contributed by atoms with Crippen LogP contribution in [0.1, 0.15) is 18.4 Å². The minimum atomic E-state index is -0.464. The number of carbonyl (C=O) groups is 2. The summed E-state index contributed by atoms with van der Waals surface area (Å²) in [5, 5.41) is 0.752. The standard InChI is InChI=1S/C21H20N2O4S/c1-2-26-16-9-7-15(8-10-16)23-12-14(11-20(23)24)21(25)27-13-19-22-17-5-3-4-6-18(17)28-19/h3-10,14H,2,11-13H2,1H3. The van der Waals surface area contributed by atoms with Gasteiger partial charge in [-0.3, -0.25) is 9.59 Å². The van der Waals surface area contributed by atoms with E-state index in [1.54, 1.807) is 4.90 Å². The van der Waals surface area contributed by atoms with Crippen LogP contribution < -0.4 is 9.64 Å². The van der Waals surface area contributed by atoms with Crippen molar-refractivity contribution >= 4 is 39.1 Å². The summed E-state index contributed by atoms with van der Waals surface area (Å²) in [7, 11) is 0. The second kappa shape index (κ2) is 7.98. The summed E-state index contributed by atoms with van der Waals surface area (Å²) >= 11 is 1.51. The highest BCUT2D eigenvalue weighted by molar-refractivity contribution is 7.18. The normalized spacial score (nSPS) is 16.5. The second-order valence-corrected chi connectivity index (χ2v) is 7.63. The first kappa shape index (κ1) is 18.4. The van der Waals surface area contributed by atoms with Gasteiger partial charge in [0.15, 0.2) is 0 Å². The molecular formula is C21H20N2O4S. The number of para-hydroxylation sites is 1. The van der Waals surface area contributed by atoms with Crippen LogP contribution in [-0.2, 0) is 20.9 Å². The summed E-state index contributed by atoms with van der Waals surface area (Å²) in [6.07, 6.45) is 0.159. The van der Waals surface area contributed by atoms with Crippen LogP contribution in [0.5, 0.6) is 5.75 Å². The van der Waals surface area contributed by atoms with Gasteiger partial charge in [-0.1, -0.05) is 12.1 Å². The van der Waals surface area contributed by atoms with Crippen molar-refractivity contribution in [3.05, 3.63) is 53.5 Å². The van der Waals surface area contributed by atoms with E-state index in [2.05, 4.69) is 4.98 Å². The lowest BCUT2D eigenvalue weighted by atomic mass is 10.1. The van der Waals surface area contributed by atoms with Crippen LogP contribution in [0.2, 0.25) is 0 Å². The molecule has 0 saturated carbocycles. The number of anilines is 1. The van der Waals surface area contributed by atoms with Crippen LogP contribution in [0.3, 0.4) is 0 Å². The smallest absolute Gasteiger partial charge is 0.311 e. The first-order chi connectivity index (χ1) is 13.6. The van der Waals surface area contributed by atoms with Crippen LogP contribution in [0.4, 0.5) is 5.69 Å². The van der Waals surface area contributed by atoms with Crippen molar-refractivity contribution in [2.75, 3.05) is 18.1 Å². The number of benzene rings is 2. The average Bonchev–Trinajstić information content (AvgIpc) is 3.30. The number of esters is 1. The van der Waals surface area contributed by atoms with Gasteiger partial charge in [0.25, 0.3) is 0 Å². The molecule has 4 rings (SSSR count). The van der Waals surface area contributed by atoms with Crippen molar-refractivity contribution in [2.45, 2.75) is 20.0 Å². The number of aromatic nitrogens is 1. The van der Waals surface area contributed by atoms with E-state index < -0.39 is 5.92 Å². The van der Waals surface area contributed by atoms with Crippen molar-refractivity contribution in [3.63, 3.8) is 0 Å². The van der Waals surface area contributed by atoms with Crippen LogP contribution in [0.15, 0.2) is 48.5 Å². The molecule has 1 aromatic heterocycles.